The fourth-order valence-electron chi connectivity index (χ4n) is 3.75. The topological polar surface area (TPSA) is 105 Å². The highest BCUT2D eigenvalue weighted by Gasteiger charge is 2.43. The minimum atomic E-state index is -0.455. The van der Waals surface area contributed by atoms with Crippen molar-refractivity contribution in [2.75, 3.05) is 6.54 Å². The summed E-state index contributed by atoms with van der Waals surface area (Å²) in [7, 11) is 0. The van der Waals surface area contributed by atoms with E-state index in [1.54, 1.807) is 0 Å². The molecule has 2 aromatic heterocycles. The second kappa shape index (κ2) is 6.83. The molecule has 4 N–H and O–H groups in total. The number of aromatic nitrogens is 3. The van der Waals surface area contributed by atoms with Gasteiger partial charge in [0, 0.05) is 34.8 Å². The second-order valence-corrected chi connectivity index (χ2v) is 7.34. The van der Waals surface area contributed by atoms with Crippen LogP contribution in [0.1, 0.15) is 36.2 Å². The lowest BCUT2D eigenvalue weighted by Crippen LogP contribution is -2.36. The van der Waals surface area contributed by atoms with Crippen LogP contribution in [0.2, 0.25) is 5.02 Å². The molecule has 0 unspecified atom stereocenters. The second-order valence-electron chi connectivity index (χ2n) is 6.93. The Balaban J connectivity index is 1.73. The SMILES string of the molecule is NC(=O)CNCc1cc(=O)n2[nH]c(C3(c4ccccc4Cl)CCC3)cc2n1. The Morgan fingerprint density at radius 2 is 2.11 bits per heavy atom. The molecule has 0 radical (unpaired) electrons. The van der Waals surface area contributed by atoms with Gasteiger partial charge in [0.1, 0.15) is 0 Å². The molecule has 4 rings (SSSR count). The summed E-state index contributed by atoms with van der Waals surface area (Å²) in [6.45, 7) is 0.333. The van der Waals surface area contributed by atoms with Crippen molar-refractivity contribution in [3.05, 3.63) is 68.7 Å². The highest BCUT2D eigenvalue weighted by molar-refractivity contribution is 6.31. The van der Waals surface area contributed by atoms with Gasteiger partial charge in [-0.3, -0.25) is 14.7 Å². The Hall–Kier alpha value is -2.64. The number of fused-ring (bicyclic) bond motifs is 1. The quantitative estimate of drug-likeness (QED) is 0.600. The number of nitrogens with one attached hydrogen (secondary N) is 2. The minimum absolute atomic E-state index is 0.0368. The van der Waals surface area contributed by atoms with Crippen LogP contribution in [0.4, 0.5) is 0 Å². The first kappa shape index (κ1) is 17.8. The summed E-state index contributed by atoms with van der Waals surface area (Å²) in [4.78, 5) is 27.9. The lowest BCUT2D eigenvalue weighted by Gasteiger charge is -2.42. The summed E-state index contributed by atoms with van der Waals surface area (Å²) in [6.07, 6.45) is 3.03. The van der Waals surface area contributed by atoms with Gasteiger partial charge < -0.3 is 11.1 Å². The molecule has 1 amide bonds. The van der Waals surface area contributed by atoms with Crippen LogP contribution in [0.25, 0.3) is 5.65 Å². The monoisotopic (exact) mass is 385 g/mol. The zero-order valence-corrected chi connectivity index (χ0v) is 15.4. The Labute approximate surface area is 160 Å². The fraction of sp³-hybridized carbons (Fsp3) is 0.316. The lowest BCUT2D eigenvalue weighted by atomic mass is 9.62. The Morgan fingerprint density at radius 3 is 2.78 bits per heavy atom. The van der Waals surface area contributed by atoms with Gasteiger partial charge in [-0.15, -0.1) is 0 Å². The van der Waals surface area contributed by atoms with Crippen LogP contribution in [0.5, 0.6) is 0 Å². The molecule has 1 aromatic carbocycles. The van der Waals surface area contributed by atoms with Crippen LogP contribution in [0.15, 0.2) is 41.2 Å². The molecule has 1 aliphatic rings. The molecule has 0 bridgehead atoms. The summed E-state index contributed by atoms with van der Waals surface area (Å²) in [5.41, 5.74) is 7.82. The molecule has 7 nitrogen and oxygen atoms in total. The summed E-state index contributed by atoms with van der Waals surface area (Å²) in [6, 6.07) is 11.2. The maximum atomic E-state index is 12.5. The number of H-pyrrole nitrogens is 1. The van der Waals surface area contributed by atoms with Crippen LogP contribution in [-0.4, -0.2) is 27.0 Å². The average Bonchev–Trinajstić information content (AvgIpc) is 3.00. The number of nitrogens with two attached hydrogens (primary N) is 1. The van der Waals surface area contributed by atoms with Crippen molar-refractivity contribution in [1.82, 2.24) is 19.9 Å². The van der Waals surface area contributed by atoms with Crippen molar-refractivity contribution in [3.8, 4) is 0 Å². The summed E-state index contributed by atoms with van der Waals surface area (Å²) < 4.78 is 1.45. The van der Waals surface area contributed by atoms with E-state index in [1.807, 2.05) is 30.3 Å². The predicted molar refractivity (Wildman–Crippen MR) is 103 cm³/mol. The molecule has 0 saturated heterocycles. The number of halogens is 1. The molecule has 1 aliphatic carbocycles. The van der Waals surface area contributed by atoms with E-state index < -0.39 is 5.91 Å². The van der Waals surface area contributed by atoms with Gasteiger partial charge in [-0.1, -0.05) is 36.2 Å². The third-order valence-corrected chi connectivity index (χ3v) is 5.55. The number of rotatable bonds is 6. The Bertz CT molecular complexity index is 1070. The van der Waals surface area contributed by atoms with E-state index in [2.05, 4.69) is 15.4 Å². The minimum Gasteiger partial charge on any atom is -0.369 e. The number of carbonyl (C=O) groups excluding carboxylic acids is 1. The maximum absolute atomic E-state index is 12.5. The molecule has 140 valence electrons. The molecule has 27 heavy (non-hydrogen) atoms. The molecule has 0 aliphatic heterocycles. The average molecular weight is 386 g/mol. The van der Waals surface area contributed by atoms with Crippen molar-refractivity contribution < 1.29 is 4.79 Å². The number of carbonyl (C=O) groups is 1. The van der Waals surface area contributed by atoms with Gasteiger partial charge in [0.2, 0.25) is 5.91 Å². The normalized spacial score (nSPS) is 15.6. The molecular weight excluding hydrogens is 366 g/mol. The van der Waals surface area contributed by atoms with E-state index in [4.69, 9.17) is 17.3 Å². The fourth-order valence-corrected chi connectivity index (χ4v) is 4.07. The van der Waals surface area contributed by atoms with E-state index >= 15 is 0 Å². The van der Waals surface area contributed by atoms with Crippen molar-refractivity contribution in [1.29, 1.82) is 0 Å². The Kier molecular flexibility index (Phi) is 4.49. The van der Waals surface area contributed by atoms with Gasteiger partial charge in [0.15, 0.2) is 5.65 Å². The molecule has 3 aromatic rings. The molecule has 2 heterocycles. The highest BCUT2D eigenvalue weighted by Crippen LogP contribution is 2.50. The summed E-state index contributed by atoms with van der Waals surface area (Å²) in [5, 5.41) is 6.82. The number of primary amides is 1. The third kappa shape index (κ3) is 3.13. The van der Waals surface area contributed by atoms with Gasteiger partial charge in [-0.05, 0) is 24.5 Å². The predicted octanol–water partition coefficient (Wildman–Crippen LogP) is 1.72. The number of benzene rings is 1. The highest BCUT2D eigenvalue weighted by atomic mass is 35.5. The molecule has 1 fully saturated rings. The summed E-state index contributed by atoms with van der Waals surface area (Å²) >= 11 is 6.47. The van der Waals surface area contributed by atoms with Crippen molar-refractivity contribution >= 4 is 23.2 Å². The van der Waals surface area contributed by atoms with Crippen LogP contribution < -0.4 is 16.6 Å². The van der Waals surface area contributed by atoms with E-state index in [0.29, 0.717) is 17.9 Å². The first-order valence-electron chi connectivity index (χ1n) is 8.86. The van der Waals surface area contributed by atoms with E-state index in [0.717, 1.165) is 35.5 Å². The standard InChI is InChI=1S/C19H20ClN5O2/c20-14-5-2-1-4-13(14)19(6-3-7-19)15-9-17-23-12(10-22-11-16(21)26)8-18(27)25(17)24-15/h1-2,4-5,8-9,22,24H,3,6-7,10-11H2,(H2,21,26). The van der Waals surface area contributed by atoms with Crippen LogP contribution in [0, 0.1) is 0 Å². The van der Waals surface area contributed by atoms with Gasteiger partial charge in [0.25, 0.3) is 5.56 Å². The van der Waals surface area contributed by atoms with Gasteiger partial charge in [-0.2, -0.15) is 0 Å². The number of hydrogen-bond donors (Lipinski definition) is 3. The van der Waals surface area contributed by atoms with E-state index in [1.165, 1.54) is 10.6 Å². The zero-order chi connectivity index (χ0) is 19.0. The first-order chi connectivity index (χ1) is 13.0. The van der Waals surface area contributed by atoms with Crippen LogP contribution >= 0.6 is 11.6 Å². The van der Waals surface area contributed by atoms with Crippen molar-refractivity contribution in [3.63, 3.8) is 0 Å². The number of amides is 1. The van der Waals surface area contributed by atoms with E-state index in [-0.39, 0.29) is 17.5 Å². The number of aromatic amines is 1. The van der Waals surface area contributed by atoms with Gasteiger partial charge in [-0.25, -0.2) is 9.50 Å². The van der Waals surface area contributed by atoms with E-state index in [9.17, 15) is 9.59 Å². The van der Waals surface area contributed by atoms with Gasteiger partial charge in [0.05, 0.1) is 12.2 Å². The molecule has 0 atom stereocenters. The van der Waals surface area contributed by atoms with Gasteiger partial charge >= 0.3 is 0 Å². The van der Waals surface area contributed by atoms with Crippen LogP contribution in [0.3, 0.4) is 0 Å². The molecule has 0 spiro atoms. The number of nitrogens with zero attached hydrogens (tertiary/aromatic N) is 2. The first-order valence-corrected chi connectivity index (χ1v) is 9.24. The molecule has 1 saturated carbocycles. The third-order valence-electron chi connectivity index (χ3n) is 5.22. The Morgan fingerprint density at radius 1 is 1.33 bits per heavy atom. The molecule has 8 heteroatoms. The lowest BCUT2D eigenvalue weighted by molar-refractivity contribution is -0.117. The smallest absolute Gasteiger partial charge is 0.272 e. The van der Waals surface area contributed by atoms with Crippen molar-refractivity contribution in [2.24, 2.45) is 5.73 Å². The molecular formula is C19H20ClN5O2. The number of hydrogen-bond acceptors (Lipinski definition) is 4. The zero-order valence-electron chi connectivity index (χ0n) is 14.7. The largest absolute Gasteiger partial charge is 0.369 e. The van der Waals surface area contributed by atoms with Crippen LogP contribution in [-0.2, 0) is 16.8 Å². The maximum Gasteiger partial charge on any atom is 0.272 e. The summed E-state index contributed by atoms with van der Waals surface area (Å²) in [5.74, 6) is -0.455. The van der Waals surface area contributed by atoms with Crippen molar-refractivity contribution in [2.45, 2.75) is 31.2 Å².